The summed E-state index contributed by atoms with van der Waals surface area (Å²) in [6, 6.07) is 13.1. The zero-order valence-electron chi connectivity index (χ0n) is 22.3. The summed E-state index contributed by atoms with van der Waals surface area (Å²) in [5.41, 5.74) is 2.37. The first-order chi connectivity index (χ1) is 19.7. The molecule has 0 amide bonds. The number of carbonyl (C=O) groups is 1. The number of methoxy groups -OCH3 is 1. The van der Waals surface area contributed by atoms with Gasteiger partial charge in [0.15, 0.2) is 22.9 Å². The molecule has 206 valence electrons. The lowest BCUT2D eigenvalue weighted by Crippen LogP contribution is -2.06. The summed E-state index contributed by atoms with van der Waals surface area (Å²) >= 11 is 0. The summed E-state index contributed by atoms with van der Waals surface area (Å²) in [5.74, 6) is 2.16. The van der Waals surface area contributed by atoms with Gasteiger partial charge in [-0.15, -0.1) is 15.3 Å². The highest BCUT2D eigenvalue weighted by Gasteiger charge is 2.19. The van der Waals surface area contributed by atoms with Crippen LogP contribution in [0.5, 0.6) is 5.88 Å². The minimum absolute atomic E-state index is 0.113. The number of fused-ring (bicyclic) bond motifs is 3. The SMILES string of the molecule is COCc1cc(-c2nnc3c4ccccc4c(OCc4ccc(C(=O)CCCCC5CCOC5)cn4)nn23)no1. The number of nitrogens with zero attached hydrogens (tertiary/aromatic N) is 6. The summed E-state index contributed by atoms with van der Waals surface area (Å²) in [6.45, 7) is 2.20. The van der Waals surface area contributed by atoms with Gasteiger partial charge in [0.2, 0.25) is 11.7 Å². The topological polar surface area (TPSA) is 127 Å². The van der Waals surface area contributed by atoms with Crippen molar-refractivity contribution in [3.63, 3.8) is 0 Å². The summed E-state index contributed by atoms with van der Waals surface area (Å²) in [7, 11) is 1.58. The summed E-state index contributed by atoms with van der Waals surface area (Å²) in [4.78, 5) is 17.1. The van der Waals surface area contributed by atoms with Gasteiger partial charge in [-0.05, 0) is 43.4 Å². The monoisotopic (exact) mass is 542 g/mol. The number of ketones is 1. The molecule has 1 fully saturated rings. The predicted molar refractivity (Wildman–Crippen MR) is 145 cm³/mol. The number of benzene rings is 1. The van der Waals surface area contributed by atoms with Crippen molar-refractivity contribution in [3.05, 3.63) is 65.7 Å². The van der Waals surface area contributed by atoms with Crippen molar-refractivity contribution in [3.8, 4) is 17.4 Å². The fourth-order valence-electron chi connectivity index (χ4n) is 4.94. The minimum Gasteiger partial charge on any atom is -0.470 e. The van der Waals surface area contributed by atoms with Crippen molar-refractivity contribution in [2.75, 3.05) is 20.3 Å². The van der Waals surface area contributed by atoms with E-state index in [-0.39, 0.29) is 12.4 Å². The van der Waals surface area contributed by atoms with Gasteiger partial charge in [-0.3, -0.25) is 9.78 Å². The Morgan fingerprint density at radius 2 is 2.00 bits per heavy atom. The highest BCUT2D eigenvalue weighted by Crippen LogP contribution is 2.29. The van der Waals surface area contributed by atoms with E-state index < -0.39 is 0 Å². The maximum atomic E-state index is 12.6. The molecule has 1 atom stereocenters. The van der Waals surface area contributed by atoms with Gasteiger partial charge < -0.3 is 18.7 Å². The van der Waals surface area contributed by atoms with Crippen LogP contribution in [0.3, 0.4) is 0 Å². The van der Waals surface area contributed by atoms with Gasteiger partial charge >= 0.3 is 0 Å². The van der Waals surface area contributed by atoms with E-state index in [9.17, 15) is 4.79 Å². The van der Waals surface area contributed by atoms with E-state index in [1.165, 1.54) is 0 Å². The number of rotatable bonds is 12. The molecule has 0 saturated carbocycles. The molecule has 0 aliphatic carbocycles. The van der Waals surface area contributed by atoms with Crippen LogP contribution in [0.2, 0.25) is 0 Å². The highest BCUT2D eigenvalue weighted by atomic mass is 16.5. The molecule has 0 spiro atoms. The van der Waals surface area contributed by atoms with Crippen molar-refractivity contribution >= 4 is 22.2 Å². The zero-order valence-corrected chi connectivity index (χ0v) is 22.3. The molecule has 4 aromatic heterocycles. The molecule has 0 radical (unpaired) electrons. The quantitative estimate of drug-likeness (QED) is 0.160. The third-order valence-corrected chi connectivity index (χ3v) is 7.10. The van der Waals surface area contributed by atoms with E-state index in [1.807, 2.05) is 36.4 Å². The molecule has 1 saturated heterocycles. The molecule has 11 heteroatoms. The standard InChI is InChI=1S/C29H30N6O5/c1-37-18-22-14-25(34-40-22)28-32-31-27-23-7-3-4-8-24(23)29(33-35(27)28)39-17-21-11-10-20(15-30-21)26(36)9-5-2-6-19-12-13-38-16-19/h3-4,7-8,10-11,14-15,19H,2,5-6,9,12-13,16-18H2,1H3. The number of aromatic nitrogens is 6. The molecule has 0 bridgehead atoms. The first-order valence-electron chi connectivity index (χ1n) is 13.5. The minimum atomic E-state index is 0.113. The average molecular weight is 543 g/mol. The second-order valence-corrected chi connectivity index (χ2v) is 9.95. The first-order valence-corrected chi connectivity index (χ1v) is 13.5. The van der Waals surface area contributed by atoms with Crippen molar-refractivity contribution in [2.45, 2.75) is 45.3 Å². The van der Waals surface area contributed by atoms with Crippen LogP contribution in [0.15, 0.2) is 53.2 Å². The van der Waals surface area contributed by atoms with E-state index in [0.29, 0.717) is 59.0 Å². The highest BCUT2D eigenvalue weighted by molar-refractivity contribution is 5.97. The molecular formula is C29H30N6O5. The number of ether oxygens (including phenoxy) is 3. The van der Waals surface area contributed by atoms with Gasteiger partial charge in [0.1, 0.15) is 13.2 Å². The number of unbranched alkanes of at least 4 members (excludes halogenated alkanes) is 1. The van der Waals surface area contributed by atoms with Gasteiger partial charge in [0, 0.05) is 55.3 Å². The predicted octanol–water partition coefficient (Wildman–Crippen LogP) is 4.83. The third kappa shape index (κ3) is 5.56. The lowest BCUT2D eigenvalue weighted by Gasteiger charge is -2.10. The van der Waals surface area contributed by atoms with Gasteiger partial charge in [0.25, 0.3) is 0 Å². The normalized spacial score (nSPS) is 15.3. The molecule has 1 unspecified atom stereocenters. The second-order valence-electron chi connectivity index (χ2n) is 9.95. The lowest BCUT2D eigenvalue weighted by atomic mass is 9.99. The van der Waals surface area contributed by atoms with E-state index >= 15 is 0 Å². The van der Waals surface area contributed by atoms with Crippen LogP contribution in [0.1, 0.15) is 53.9 Å². The first kappa shape index (κ1) is 26.0. The Morgan fingerprint density at radius 1 is 1.10 bits per heavy atom. The van der Waals surface area contributed by atoms with Crippen LogP contribution in [0.25, 0.3) is 27.9 Å². The van der Waals surface area contributed by atoms with Crippen LogP contribution in [0.4, 0.5) is 0 Å². The van der Waals surface area contributed by atoms with E-state index in [2.05, 4.69) is 20.3 Å². The smallest absolute Gasteiger partial charge is 0.240 e. The van der Waals surface area contributed by atoms with Crippen molar-refractivity contribution in [1.82, 2.24) is 30.0 Å². The molecule has 11 nitrogen and oxygen atoms in total. The molecule has 5 aromatic rings. The van der Waals surface area contributed by atoms with Crippen LogP contribution in [0, 0.1) is 5.92 Å². The fraction of sp³-hybridized carbons (Fsp3) is 0.379. The van der Waals surface area contributed by atoms with E-state index in [1.54, 1.807) is 23.9 Å². The van der Waals surface area contributed by atoms with Crippen LogP contribution < -0.4 is 4.74 Å². The Balaban J connectivity index is 1.15. The molecule has 1 aliphatic rings. The average Bonchev–Trinajstić information content (AvgIpc) is 3.76. The Bertz CT molecular complexity index is 1610. The number of hydrogen-bond donors (Lipinski definition) is 0. The molecule has 5 heterocycles. The molecule has 6 rings (SSSR count). The van der Waals surface area contributed by atoms with Crippen molar-refractivity contribution in [1.29, 1.82) is 0 Å². The molecule has 40 heavy (non-hydrogen) atoms. The summed E-state index contributed by atoms with van der Waals surface area (Å²) in [6.07, 6.45) is 6.35. The second kappa shape index (κ2) is 11.9. The number of carbonyl (C=O) groups excluding carboxylic acids is 1. The molecular weight excluding hydrogens is 512 g/mol. The van der Waals surface area contributed by atoms with Gasteiger partial charge in [-0.25, -0.2) is 0 Å². The molecule has 0 N–H and O–H groups in total. The van der Waals surface area contributed by atoms with E-state index in [0.717, 1.165) is 49.7 Å². The van der Waals surface area contributed by atoms with Gasteiger partial charge in [0.05, 0.1) is 5.69 Å². The van der Waals surface area contributed by atoms with Crippen LogP contribution >= 0.6 is 0 Å². The summed E-state index contributed by atoms with van der Waals surface area (Å²) in [5, 5.41) is 19.1. The Morgan fingerprint density at radius 3 is 2.80 bits per heavy atom. The van der Waals surface area contributed by atoms with Crippen LogP contribution in [-0.4, -0.2) is 56.1 Å². The number of hydrogen-bond acceptors (Lipinski definition) is 10. The largest absolute Gasteiger partial charge is 0.470 e. The van der Waals surface area contributed by atoms with Gasteiger partial charge in [-0.1, -0.05) is 29.8 Å². The maximum absolute atomic E-state index is 12.6. The van der Waals surface area contributed by atoms with E-state index in [4.69, 9.17) is 23.8 Å². The number of Topliss-reactive ketones (excluding diaryl/α,β-unsaturated/α-hetero) is 1. The zero-order chi connectivity index (χ0) is 27.3. The Hall–Kier alpha value is -4.22. The number of pyridine rings is 1. The lowest BCUT2D eigenvalue weighted by molar-refractivity contribution is 0.0978. The Labute approximate surface area is 230 Å². The summed E-state index contributed by atoms with van der Waals surface area (Å²) < 4.78 is 23.6. The Kier molecular flexibility index (Phi) is 7.73. The van der Waals surface area contributed by atoms with Crippen LogP contribution in [-0.2, 0) is 22.7 Å². The maximum Gasteiger partial charge on any atom is 0.240 e. The van der Waals surface area contributed by atoms with Gasteiger partial charge in [-0.2, -0.15) is 4.52 Å². The molecule has 1 aliphatic heterocycles. The van der Waals surface area contributed by atoms with Crippen molar-refractivity contribution < 1.29 is 23.5 Å². The van der Waals surface area contributed by atoms with Crippen molar-refractivity contribution in [2.24, 2.45) is 5.92 Å². The molecule has 1 aromatic carbocycles. The fourth-order valence-corrected chi connectivity index (χ4v) is 4.94. The third-order valence-electron chi connectivity index (χ3n) is 7.10.